The van der Waals surface area contributed by atoms with Crippen LogP contribution in [-0.2, 0) is 4.79 Å². The summed E-state index contributed by atoms with van der Waals surface area (Å²) in [7, 11) is 3.29. The molecule has 0 bridgehead atoms. The number of amides is 1. The summed E-state index contributed by atoms with van der Waals surface area (Å²) in [5.41, 5.74) is 0. The van der Waals surface area contributed by atoms with Crippen molar-refractivity contribution in [3.8, 4) is 6.01 Å². The molecule has 1 amide bonds. The highest BCUT2D eigenvalue weighted by molar-refractivity contribution is 5.79. The predicted octanol–water partition coefficient (Wildman–Crippen LogP) is -0.267. The Morgan fingerprint density at radius 2 is 2.15 bits per heavy atom. The van der Waals surface area contributed by atoms with E-state index in [-0.39, 0.29) is 11.9 Å². The van der Waals surface area contributed by atoms with Crippen molar-refractivity contribution < 1.29 is 9.53 Å². The van der Waals surface area contributed by atoms with Gasteiger partial charge in [0.1, 0.15) is 0 Å². The summed E-state index contributed by atoms with van der Waals surface area (Å²) in [6, 6.07) is 0.571. The number of anilines is 2. The molecule has 2 saturated heterocycles. The summed E-state index contributed by atoms with van der Waals surface area (Å²) in [6.45, 7) is 2.23. The molecule has 1 aromatic heterocycles. The largest absolute Gasteiger partial charge is 0.467 e. The Balaban J connectivity index is 1.81. The number of methoxy groups -OCH3 is 1. The second kappa shape index (κ2) is 5.10. The summed E-state index contributed by atoms with van der Waals surface area (Å²) in [5.74, 6) is 1.34. The minimum atomic E-state index is 0.263. The first-order valence-corrected chi connectivity index (χ1v) is 6.73. The lowest BCUT2D eigenvalue weighted by atomic mass is 10.2. The SMILES string of the molecule is CNc1nc(OC)nc(N2CCN3C(=O)CCC3C2)n1. The van der Waals surface area contributed by atoms with E-state index in [1.165, 1.54) is 7.11 Å². The third-order valence-corrected chi connectivity index (χ3v) is 3.79. The number of aromatic nitrogens is 3. The highest BCUT2D eigenvalue weighted by Gasteiger charge is 2.36. The van der Waals surface area contributed by atoms with Crippen LogP contribution >= 0.6 is 0 Å². The molecule has 8 heteroatoms. The third-order valence-electron chi connectivity index (χ3n) is 3.79. The Hall–Kier alpha value is -2.12. The predicted molar refractivity (Wildman–Crippen MR) is 72.9 cm³/mol. The van der Waals surface area contributed by atoms with E-state index in [9.17, 15) is 4.79 Å². The average Bonchev–Trinajstić information content (AvgIpc) is 2.87. The number of rotatable bonds is 3. The van der Waals surface area contributed by atoms with Crippen molar-refractivity contribution in [3.63, 3.8) is 0 Å². The monoisotopic (exact) mass is 278 g/mol. The van der Waals surface area contributed by atoms with E-state index in [0.717, 1.165) is 26.1 Å². The van der Waals surface area contributed by atoms with Gasteiger partial charge in [-0.1, -0.05) is 0 Å². The van der Waals surface area contributed by atoms with Crippen LogP contribution in [0.2, 0.25) is 0 Å². The van der Waals surface area contributed by atoms with Crippen molar-refractivity contribution in [3.05, 3.63) is 0 Å². The molecule has 1 aromatic rings. The summed E-state index contributed by atoms with van der Waals surface area (Å²) in [4.78, 5) is 28.5. The number of hydrogen-bond donors (Lipinski definition) is 1. The average molecular weight is 278 g/mol. The summed E-state index contributed by atoms with van der Waals surface area (Å²) < 4.78 is 5.10. The quantitative estimate of drug-likeness (QED) is 0.815. The van der Waals surface area contributed by atoms with E-state index in [1.807, 2.05) is 4.90 Å². The normalized spacial score (nSPS) is 21.9. The number of nitrogens with one attached hydrogen (secondary N) is 1. The summed E-state index contributed by atoms with van der Waals surface area (Å²) in [6.07, 6.45) is 1.57. The van der Waals surface area contributed by atoms with Gasteiger partial charge in [0, 0.05) is 39.1 Å². The minimum absolute atomic E-state index is 0.263. The molecule has 1 unspecified atom stereocenters. The zero-order valence-electron chi connectivity index (χ0n) is 11.7. The van der Waals surface area contributed by atoms with Crippen LogP contribution in [0.3, 0.4) is 0 Å². The highest BCUT2D eigenvalue weighted by Crippen LogP contribution is 2.25. The zero-order valence-corrected chi connectivity index (χ0v) is 11.7. The van der Waals surface area contributed by atoms with Crippen molar-refractivity contribution in [2.75, 3.05) is 44.0 Å². The summed E-state index contributed by atoms with van der Waals surface area (Å²) in [5, 5.41) is 2.90. The molecular weight excluding hydrogens is 260 g/mol. The Bertz CT molecular complexity index is 500. The maximum atomic E-state index is 11.7. The van der Waals surface area contributed by atoms with Gasteiger partial charge in [-0.2, -0.15) is 15.0 Å². The van der Waals surface area contributed by atoms with Gasteiger partial charge in [0.2, 0.25) is 17.8 Å². The molecule has 2 aliphatic rings. The first-order valence-electron chi connectivity index (χ1n) is 6.73. The van der Waals surface area contributed by atoms with Gasteiger partial charge in [-0.15, -0.1) is 0 Å². The maximum Gasteiger partial charge on any atom is 0.322 e. The summed E-state index contributed by atoms with van der Waals surface area (Å²) >= 11 is 0. The first kappa shape index (κ1) is 12.9. The lowest BCUT2D eigenvalue weighted by Crippen LogP contribution is -2.52. The van der Waals surface area contributed by atoms with Crippen LogP contribution in [-0.4, -0.2) is 65.6 Å². The van der Waals surface area contributed by atoms with E-state index in [2.05, 4.69) is 25.2 Å². The molecule has 2 fully saturated rings. The maximum absolute atomic E-state index is 11.7. The zero-order chi connectivity index (χ0) is 14.1. The topological polar surface area (TPSA) is 83.5 Å². The van der Waals surface area contributed by atoms with Crippen LogP contribution in [0.4, 0.5) is 11.9 Å². The molecule has 20 heavy (non-hydrogen) atoms. The fraction of sp³-hybridized carbons (Fsp3) is 0.667. The number of carbonyl (C=O) groups is 1. The fourth-order valence-corrected chi connectivity index (χ4v) is 2.74. The Kier molecular flexibility index (Phi) is 3.29. The molecular formula is C12H18N6O2. The van der Waals surface area contributed by atoms with Gasteiger partial charge in [0.25, 0.3) is 0 Å². The molecule has 3 heterocycles. The number of hydrogen-bond acceptors (Lipinski definition) is 7. The second-order valence-electron chi connectivity index (χ2n) is 4.92. The minimum Gasteiger partial charge on any atom is -0.467 e. The number of carbonyl (C=O) groups excluding carboxylic acids is 1. The standard InChI is InChI=1S/C12H18N6O2/c1-13-10-14-11(16-12(15-10)20-2)17-5-6-18-8(7-17)3-4-9(18)19/h8H,3-7H2,1-2H3,(H,13,14,15,16). The van der Waals surface area contributed by atoms with Crippen molar-refractivity contribution in [2.24, 2.45) is 0 Å². The Morgan fingerprint density at radius 1 is 1.30 bits per heavy atom. The van der Waals surface area contributed by atoms with Crippen LogP contribution in [0.1, 0.15) is 12.8 Å². The van der Waals surface area contributed by atoms with E-state index in [4.69, 9.17) is 4.74 Å². The fourth-order valence-electron chi connectivity index (χ4n) is 2.74. The van der Waals surface area contributed by atoms with E-state index in [0.29, 0.717) is 24.3 Å². The van der Waals surface area contributed by atoms with Crippen molar-refractivity contribution >= 4 is 17.8 Å². The smallest absolute Gasteiger partial charge is 0.322 e. The van der Waals surface area contributed by atoms with Gasteiger partial charge in [-0.3, -0.25) is 4.79 Å². The lowest BCUT2D eigenvalue weighted by Gasteiger charge is -2.37. The van der Waals surface area contributed by atoms with Gasteiger partial charge in [0.05, 0.1) is 7.11 Å². The second-order valence-corrected chi connectivity index (χ2v) is 4.92. The number of nitrogens with zero attached hydrogens (tertiary/aromatic N) is 5. The van der Waals surface area contributed by atoms with Gasteiger partial charge in [0.15, 0.2) is 0 Å². The van der Waals surface area contributed by atoms with Crippen LogP contribution in [0, 0.1) is 0 Å². The van der Waals surface area contributed by atoms with Gasteiger partial charge < -0.3 is 19.9 Å². The first-order chi connectivity index (χ1) is 9.71. The molecule has 108 valence electrons. The van der Waals surface area contributed by atoms with E-state index in [1.54, 1.807) is 7.05 Å². The number of ether oxygens (including phenoxy) is 1. The van der Waals surface area contributed by atoms with Gasteiger partial charge >= 0.3 is 6.01 Å². The van der Waals surface area contributed by atoms with Crippen molar-refractivity contribution in [1.29, 1.82) is 0 Å². The lowest BCUT2D eigenvalue weighted by molar-refractivity contribution is -0.129. The number of fused-ring (bicyclic) bond motifs is 1. The molecule has 0 spiro atoms. The molecule has 0 aliphatic carbocycles. The van der Waals surface area contributed by atoms with Gasteiger partial charge in [-0.25, -0.2) is 0 Å². The molecule has 0 aromatic carbocycles. The third kappa shape index (κ3) is 2.21. The van der Waals surface area contributed by atoms with Crippen molar-refractivity contribution in [1.82, 2.24) is 19.9 Å². The van der Waals surface area contributed by atoms with E-state index < -0.39 is 0 Å². The molecule has 0 radical (unpaired) electrons. The van der Waals surface area contributed by atoms with Gasteiger partial charge in [-0.05, 0) is 6.42 Å². The van der Waals surface area contributed by atoms with Crippen LogP contribution in [0.15, 0.2) is 0 Å². The van der Waals surface area contributed by atoms with Crippen LogP contribution < -0.4 is 15.0 Å². The van der Waals surface area contributed by atoms with Crippen LogP contribution in [0.25, 0.3) is 0 Å². The Labute approximate surface area is 117 Å². The molecule has 3 rings (SSSR count). The van der Waals surface area contributed by atoms with Crippen molar-refractivity contribution in [2.45, 2.75) is 18.9 Å². The molecule has 1 atom stereocenters. The highest BCUT2D eigenvalue weighted by atomic mass is 16.5. The molecule has 8 nitrogen and oxygen atoms in total. The molecule has 1 N–H and O–H groups in total. The van der Waals surface area contributed by atoms with Crippen LogP contribution in [0.5, 0.6) is 6.01 Å². The Morgan fingerprint density at radius 3 is 2.90 bits per heavy atom. The van der Waals surface area contributed by atoms with E-state index >= 15 is 0 Å². The number of piperazine rings is 1. The molecule has 2 aliphatic heterocycles. The molecule has 0 saturated carbocycles.